The molecule has 0 aliphatic carbocycles. The Hall–Kier alpha value is -1.00. The Balaban J connectivity index is 3.60. The molecule has 0 heterocycles. The molecule has 0 saturated carbocycles. The number of hydrogen-bond donors (Lipinski definition) is 0. The van der Waals surface area contributed by atoms with E-state index in [2.05, 4.69) is 4.74 Å². The minimum absolute atomic E-state index is 0.0728. The predicted octanol–water partition coefficient (Wildman–Crippen LogP) is 2.52. The van der Waals surface area contributed by atoms with Gasteiger partial charge < -0.3 is 4.74 Å². The summed E-state index contributed by atoms with van der Waals surface area (Å²) in [5.74, 6) is 0. The molecule has 0 aromatic carbocycles. The Morgan fingerprint density at radius 1 is 1.30 bits per heavy atom. The number of halogens is 4. The summed E-state index contributed by atoms with van der Waals surface area (Å²) in [6.45, 7) is -0.542. The number of rotatable bonds is 3. The second-order valence-electron chi connectivity index (χ2n) is 1.21. The molecule has 58 valence electrons. The Kier molecular flexibility index (Phi) is 4.36. The molecule has 0 N–H and O–H groups in total. The quantitative estimate of drug-likeness (QED) is 0.450. The van der Waals surface area contributed by atoms with Gasteiger partial charge in [0.25, 0.3) is 0 Å². The minimum atomic E-state index is -2.55. The third-order valence-electron chi connectivity index (χ3n) is 0.544. The van der Waals surface area contributed by atoms with Crippen molar-refractivity contribution in [2.45, 2.75) is 0 Å². The Morgan fingerprint density at radius 3 is 2.30 bits per heavy atom. The fourth-order valence-corrected chi connectivity index (χ4v) is 0.212. The van der Waals surface area contributed by atoms with E-state index < -0.39 is 18.7 Å². The predicted molar refractivity (Wildman–Crippen MR) is 26.5 cm³/mol. The van der Waals surface area contributed by atoms with Gasteiger partial charge in [-0.05, 0) is 6.08 Å². The highest BCUT2D eigenvalue weighted by Crippen LogP contribution is 2.09. The average Bonchev–Trinajstić information content (AvgIpc) is 1.88. The van der Waals surface area contributed by atoms with E-state index in [1.807, 2.05) is 0 Å². The Bertz CT molecular complexity index is 148. The summed E-state index contributed by atoms with van der Waals surface area (Å²) >= 11 is 0. The van der Waals surface area contributed by atoms with E-state index in [4.69, 9.17) is 0 Å². The third-order valence-corrected chi connectivity index (χ3v) is 0.544. The van der Waals surface area contributed by atoms with Crippen molar-refractivity contribution >= 4 is 0 Å². The van der Waals surface area contributed by atoms with Gasteiger partial charge in [-0.1, -0.05) is 0 Å². The van der Waals surface area contributed by atoms with E-state index in [1.165, 1.54) is 0 Å². The van der Waals surface area contributed by atoms with Gasteiger partial charge in [-0.2, -0.15) is 13.2 Å². The van der Waals surface area contributed by atoms with Crippen LogP contribution in [-0.2, 0) is 4.74 Å². The van der Waals surface area contributed by atoms with Gasteiger partial charge in [-0.25, -0.2) is 4.39 Å². The van der Waals surface area contributed by atoms with Crippen LogP contribution in [-0.4, -0.2) is 6.61 Å². The third kappa shape index (κ3) is 3.94. The van der Waals surface area contributed by atoms with Crippen molar-refractivity contribution in [2.75, 3.05) is 6.61 Å². The van der Waals surface area contributed by atoms with Crippen LogP contribution in [0.3, 0.4) is 0 Å². The molecule has 5 heteroatoms. The molecule has 0 aromatic rings. The molecule has 0 aliphatic rings. The first-order chi connectivity index (χ1) is 4.68. The number of ether oxygens (including phenoxy) is 1. The van der Waals surface area contributed by atoms with Crippen molar-refractivity contribution in [1.29, 1.82) is 0 Å². The first-order valence-electron chi connectivity index (χ1n) is 2.27. The molecule has 0 rings (SSSR count). The van der Waals surface area contributed by atoms with Crippen LogP contribution >= 0.6 is 0 Å². The zero-order chi connectivity index (χ0) is 7.98. The lowest BCUT2D eigenvalue weighted by molar-refractivity contribution is 0.140. The van der Waals surface area contributed by atoms with Crippen molar-refractivity contribution in [3.05, 3.63) is 24.5 Å². The molecule has 1 nitrogen and oxygen atoms in total. The van der Waals surface area contributed by atoms with E-state index in [0.717, 1.165) is 6.08 Å². The summed E-state index contributed by atoms with van der Waals surface area (Å²) in [5, 5.41) is 0. The van der Waals surface area contributed by atoms with Crippen molar-refractivity contribution in [3.63, 3.8) is 0 Å². The van der Waals surface area contributed by atoms with E-state index in [9.17, 15) is 17.6 Å². The van der Waals surface area contributed by atoms with Gasteiger partial charge in [0.05, 0.1) is 6.33 Å². The molecular weight excluding hydrogens is 152 g/mol. The zero-order valence-corrected chi connectivity index (χ0v) is 4.78. The fourth-order valence-electron chi connectivity index (χ4n) is 0.212. The molecule has 0 aromatic heterocycles. The molecule has 0 unspecified atom stereocenters. The van der Waals surface area contributed by atoms with Crippen molar-refractivity contribution in [2.24, 2.45) is 0 Å². The van der Waals surface area contributed by atoms with Gasteiger partial charge >= 0.3 is 12.1 Å². The van der Waals surface area contributed by atoms with Crippen LogP contribution in [0.2, 0.25) is 0 Å². The van der Waals surface area contributed by atoms with E-state index >= 15 is 0 Å². The first kappa shape index (κ1) is 9.00. The summed E-state index contributed by atoms with van der Waals surface area (Å²) in [7, 11) is 0. The molecule has 10 heavy (non-hydrogen) atoms. The van der Waals surface area contributed by atoms with Crippen molar-refractivity contribution in [1.82, 2.24) is 0 Å². The topological polar surface area (TPSA) is 9.23 Å². The maximum Gasteiger partial charge on any atom is 0.342 e. The normalized spacial score (nSPS) is 10.0. The van der Waals surface area contributed by atoms with Gasteiger partial charge in [0, 0.05) is 0 Å². The van der Waals surface area contributed by atoms with Gasteiger partial charge in [0.15, 0.2) is 0 Å². The zero-order valence-electron chi connectivity index (χ0n) is 4.78. The summed E-state index contributed by atoms with van der Waals surface area (Å²) in [6, 6.07) is -1.97. The van der Waals surface area contributed by atoms with E-state index in [0.29, 0.717) is 0 Å². The van der Waals surface area contributed by atoms with Crippen molar-refractivity contribution < 1.29 is 22.3 Å². The monoisotopic (exact) mass is 156 g/mol. The highest BCUT2D eigenvalue weighted by Gasteiger charge is 2.03. The maximum atomic E-state index is 11.6. The molecule has 0 aliphatic heterocycles. The van der Waals surface area contributed by atoms with Crippen LogP contribution in [0.15, 0.2) is 24.5 Å². The van der Waals surface area contributed by atoms with Crippen LogP contribution in [0.1, 0.15) is 0 Å². The van der Waals surface area contributed by atoms with Crippen LogP contribution in [0.4, 0.5) is 17.6 Å². The summed E-state index contributed by atoms with van der Waals surface area (Å²) in [6.07, 6.45) is -1.72. The lowest BCUT2D eigenvalue weighted by atomic mass is 10.7. The second-order valence-corrected chi connectivity index (χ2v) is 1.21. The standard InChI is InChI=1S/C5H4F4O/c6-2-1-3-10-5(9)4(7)8/h1-2H,3H2. The van der Waals surface area contributed by atoms with Gasteiger partial charge in [0.2, 0.25) is 0 Å². The van der Waals surface area contributed by atoms with Crippen LogP contribution in [0.25, 0.3) is 0 Å². The smallest absolute Gasteiger partial charge is 0.342 e. The molecular formula is C5H4F4O. The fraction of sp³-hybridized carbons (Fsp3) is 0.200. The molecule has 0 spiro atoms. The molecule has 0 atom stereocenters. The summed E-state index contributed by atoms with van der Waals surface area (Å²) in [5.41, 5.74) is 0. The second kappa shape index (κ2) is 4.84. The largest absolute Gasteiger partial charge is 0.463 e. The first-order valence-corrected chi connectivity index (χ1v) is 2.27. The molecule has 0 saturated heterocycles. The summed E-state index contributed by atoms with van der Waals surface area (Å²) in [4.78, 5) is 0. The van der Waals surface area contributed by atoms with Gasteiger partial charge in [-0.15, -0.1) is 0 Å². The van der Waals surface area contributed by atoms with E-state index in [1.54, 1.807) is 0 Å². The van der Waals surface area contributed by atoms with E-state index in [-0.39, 0.29) is 6.33 Å². The lowest BCUT2D eigenvalue weighted by Gasteiger charge is -1.94. The van der Waals surface area contributed by atoms with Crippen LogP contribution < -0.4 is 0 Å². The molecule has 0 bridgehead atoms. The average molecular weight is 156 g/mol. The SMILES string of the molecule is FC=CCOC(F)=C(F)F. The van der Waals surface area contributed by atoms with Crippen LogP contribution in [0.5, 0.6) is 0 Å². The van der Waals surface area contributed by atoms with Crippen molar-refractivity contribution in [3.8, 4) is 0 Å². The summed E-state index contributed by atoms with van der Waals surface area (Å²) < 4.78 is 48.6. The Morgan fingerprint density at radius 2 is 1.90 bits per heavy atom. The van der Waals surface area contributed by atoms with Crippen LogP contribution in [0, 0.1) is 0 Å². The highest BCUT2D eigenvalue weighted by molar-refractivity contribution is 4.83. The Labute approximate surface area is 54.6 Å². The van der Waals surface area contributed by atoms with Gasteiger partial charge in [0.1, 0.15) is 6.61 Å². The van der Waals surface area contributed by atoms with Gasteiger partial charge in [-0.3, -0.25) is 0 Å². The molecule has 0 amide bonds. The maximum absolute atomic E-state index is 11.6. The number of hydrogen-bond acceptors (Lipinski definition) is 1. The molecule has 0 fully saturated rings. The molecule has 0 radical (unpaired) electrons. The lowest BCUT2D eigenvalue weighted by Crippen LogP contribution is -1.87. The minimum Gasteiger partial charge on any atom is -0.463 e. The highest BCUT2D eigenvalue weighted by atomic mass is 19.3.